The van der Waals surface area contributed by atoms with E-state index in [-0.39, 0.29) is 23.6 Å². The Kier molecular flexibility index (Phi) is 13.1. The van der Waals surface area contributed by atoms with Crippen molar-refractivity contribution in [3.8, 4) is 0 Å². The molecule has 0 aromatic carbocycles. The normalized spacial score (nSPS) is 36.0. The van der Waals surface area contributed by atoms with E-state index in [1.54, 1.807) is 0 Å². The third kappa shape index (κ3) is 8.31. The summed E-state index contributed by atoms with van der Waals surface area (Å²) in [4.78, 5) is 13.2. The molecule has 3 heteroatoms. The van der Waals surface area contributed by atoms with Crippen molar-refractivity contribution in [2.45, 2.75) is 189 Å². The smallest absolute Gasteiger partial charge is 0.306 e. The molecule has 0 aromatic heterocycles. The van der Waals surface area contributed by atoms with Gasteiger partial charge in [0.25, 0.3) is 0 Å². The number of fused-ring (bicyclic) bond motifs is 5. The summed E-state index contributed by atoms with van der Waals surface area (Å²) >= 11 is 0. The summed E-state index contributed by atoms with van der Waals surface area (Å²) in [5.41, 5.74) is 1.73. The van der Waals surface area contributed by atoms with Gasteiger partial charge in [-0.3, -0.25) is 4.79 Å². The van der Waals surface area contributed by atoms with Gasteiger partial charge in [0.05, 0.1) is 6.10 Å². The van der Waals surface area contributed by atoms with E-state index < -0.39 is 0 Å². The number of carbonyl (C=O) groups is 1. The Morgan fingerprint density at radius 3 is 2.26 bits per heavy atom. The van der Waals surface area contributed by atoms with E-state index in [1.807, 2.05) is 0 Å². The minimum atomic E-state index is -0.387. The molecule has 43 heavy (non-hydrogen) atoms. The highest BCUT2D eigenvalue weighted by molar-refractivity contribution is 5.69. The first-order valence-corrected chi connectivity index (χ1v) is 19.2. The number of allylic oxidation sites excluding steroid dienone is 1. The maximum atomic E-state index is 13.2. The molecule has 3 nitrogen and oxygen atoms in total. The SMILES string of the molecule is CCCCCCCCCCCCC(=O)OC1C[C@@H](O)CC2=CC[C@H]3[C@@H]4CC[C@H]([C@H](C)CCCC(C)C)[C@@]4(C)CC[C@@H]3[C@]21C. The molecule has 1 unspecified atom stereocenters. The van der Waals surface area contributed by atoms with Crippen molar-refractivity contribution in [1.82, 2.24) is 0 Å². The zero-order valence-corrected chi connectivity index (χ0v) is 29.3. The molecule has 0 saturated heterocycles. The Balaban J connectivity index is 1.32. The lowest BCUT2D eigenvalue weighted by molar-refractivity contribution is -0.169. The molecule has 0 aromatic rings. The number of ether oxygens (including phenoxy) is 1. The van der Waals surface area contributed by atoms with E-state index >= 15 is 0 Å². The second kappa shape index (κ2) is 16.1. The van der Waals surface area contributed by atoms with Crippen LogP contribution in [0.25, 0.3) is 0 Å². The summed E-state index contributed by atoms with van der Waals surface area (Å²) < 4.78 is 6.39. The molecule has 0 aliphatic heterocycles. The Bertz CT molecular complexity index is 892. The second-order valence-corrected chi connectivity index (χ2v) is 16.7. The van der Waals surface area contributed by atoms with Crippen molar-refractivity contribution < 1.29 is 14.6 Å². The number of unbranched alkanes of at least 4 members (excludes halogenated alkanes) is 9. The molecule has 0 bridgehead atoms. The fourth-order valence-electron chi connectivity index (χ4n) is 10.8. The van der Waals surface area contributed by atoms with Crippen LogP contribution in [-0.2, 0) is 9.53 Å². The van der Waals surface area contributed by atoms with E-state index in [9.17, 15) is 9.90 Å². The lowest BCUT2D eigenvalue weighted by Gasteiger charge is -2.60. The fraction of sp³-hybridized carbons (Fsp3) is 0.925. The Morgan fingerprint density at radius 1 is 0.907 bits per heavy atom. The predicted octanol–water partition coefficient (Wildman–Crippen LogP) is 11.2. The zero-order chi connectivity index (χ0) is 31.0. The topological polar surface area (TPSA) is 46.5 Å². The third-order valence-electron chi connectivity index (χ3n) is 13.4. The molecule has 3 fully saturated rings. The maximum absolute atomic E-state index is 13.2. The van der Waals surface area contributed by atoms with Crippen LogP contribution >= 0.6 is 0 Å². The maximum Gasteiger partial charge on any atom is 0.306 e. The van der Waals surface area contributed by atoms with Gasteiger partial charge in [-0.1, -0.05) is 130 Å². The molecular formula is C40H70O3. The molecule has 0 heterocycles. The summed E-state index contributed by atoms with van der Waals surface area (Å²) in [5, 5.41) is 10.9. The first kappa shape index (κ1) is 35.0. The molecule has 1 N–H and O–H groups in total. The first-order chi connectivity index (χ1) is 20.6. The molecule has 0 spiro atoms. The van der Waals surface area contributed by atoms with Crippen LogP contribution in [0.1, 0.15) is 176 Å². The summed E-state index contributed by atoms with van der Waals surface area (Å²) in [5.74, 6) is 4.50. The van der Waals surface area contributed by atoms with Crippen molar-refractivity contribution >= 4 is 5.97 Å². The molecular weight excluding hydrogens is 528 g/mol. The number of esters is 1. The van der Waals surface area contributed by atoms with Gasteiger partial charge < -0.3 is 9.84 Å². The lowest BCUT2D eigenvalue weighted by Crippen LogP contribution is -2.56. The number of rotatable bonds is 17. The van der Waals surface area contributed by atoms with Gasteiger partial charge in [-0.2, -0.15) is 0 Å². The number of hydrogen-bond donors (Lipinski definition) is 1. The average molecular weight is 599 g/mol. The van der Waals surface area contributed by atoms with Crippen molar-refractivity contribution in [1.29, 1.82) is 0 Å². The van der Waals surface area contributed by atoms with Crippen LogP contribution in [0.2, 0.25) is 0 Å². The average Bonchev–Trinajstić information content (AvgIpc) is 3.32. The second-order valence-electron chi connectivity index (χ2n) is 16.7. The Labute approximate surface area is 266 Å². The monoisotopic (exact) mass is 599 g/mol. The molecule has 4 rings (SSSR count). The van der Waals surface area contributed by atoms with Crippen LogP contribution in [-0.4, -0.2) is 23.3 Å². The summed E-state index contributed by atoms with van der Waals surface area (Å²) in [6, 6.07) is 0. The van der Waals surface area contributed by atoms with Gasteiger partial charge in [0.15, 0.2) is 0 Å². The number of hydrogen-bond acceptors (Lipinski definition) is 3. The van der Waals surface area contributed by atoms with Gasteiger partial charge in [-0.15, -0.1) is 0 Å². The quantitative estimate of drug-likeness (QED) is 0.103. The highest BCUT2D eigenvalue weighted by Crippen LogP contribution is 2.67. The molecule has 0 amide bonds. The molecule has 9 atom stereocenters. The molecule has 4 aliphatic carbocycles. The van der Waals surface area contributed by atoms with Gasteiger partial charge in [-0.05, 0) is 85.9 Å². The van der Waals surface area contributed by atoms with Gasteiger partial charge in [0, 0.05) is 18.3 Å². The number of aliphatic hydroxyl groups is 1. The van der Waals surface area contributed by atoms with Crippen molar-refractivity contribution in [2.24, 2.45) is 46.3 Å². The van der Waals surface area contributed by atoms with Crippen molar-refractivity contribution in [3.63, 3.8) is 0 Å². The largest absolute Gasteiger partial charge is 0.461 e. The van der Waals surface area contributed by atoms with Crippen molar-refractivity contribution in [2.75, 3.05) is 0 Å². The Morgan fingerprint density at radius 2 is 1.58 bits per heavy atom. The first-order valence-electron chi connectivity index (χ1n) is 19.2. The van der Waals surface area contributed by atoms with Crippen LogP contribution in [0.5, 0.6) is 0 Å². The minimum Gasteiger partial charge on any atom is -0.461 e. The van der Waals surface area contributed by atoms with Gasteiger partial charge in [0.2, 0.25) is 0 Å². The van der Waals surface area contributed by atoms with E-state index in [0.29, 0.717) is 30.1 Å². The molecule has 0 radical (unpaired) electrons. The van der Waals surface area contributed by atoms with E-state index in [2.05, 4.69) is 47.6 Å². The zero-order valence-electron chi connectivity index (χ0n) is 29.3. The van der Waals surface area contributed by atoms with Crippen LogP contribution in [0.15, 0.2) is 11.6 Å². The standard InChI is InChI=1S/C40H70O3/c1-7-8-9-10-11-12-13-14-15-16-20-38(42)43-37-28-32(41)27-31-21-22-33-35-24-23-34(30(4)19-17-18-29(2)3)39(35,5)26-25-36(33)40(31,37)6/h21,29-30,32-37,41H,7-20,22-28H2,1-6H3/t30-,32+,33+,34-,35+,36+,37?,39-,40+/m1/s1. The minimum absolute atomic E-state index is 0.0295. The van der Waals surface area contributed by atoms with Crippen LogP contribution in [0.4, 0.5) is 0 Å². The highest BCUT2D eigenvalue weighted by Gasteiger charge is 2.61. The van der Waals surface area contributed by atoms with E-state index in [4.69, 9.17) is 4.74 Å². The summed E-state index contributed by atoms with van der Waals surface area (Å²) in [7, 11) is 0. The summed E-state index contributed by atoms with van der Waals surface area (Å²) in [6.07, 6.45) is 27.2. The fourth-order valence-corrected chi connectivity index (χ4v) is 10.8. The van der Waals surface area contributed by atoms with E-state index in [1.165, 1.54) is 102 Å². The summed E-state index contributed by atoms with van der Waals surface area (Å²) in [6.45, 7) is 14.6. The lowest BCUT2D eigenvalue weighted by atomic mass is 9.46. The van der Waals surface area contributed by atoms with Gasteiger partial charge >= 0.3 is 5.97 Å². The highest BCUT2D eigenvalue weighted by atomic mass is 16.5. The number of aliphatic hydroxyl groups excluding tert-OH is 1. The molecule has 3 saturated carbocycles. The molecule has 248 valence electrons. The van der Waals surface area contributed by atoms with Crippen LogP contribution in [0.3, 0.4) is 0 Å². The van der Waals surface area contributed by atoms with Crippen LogP contribution in [0, 0.1) is 46.3 Å². The van der Waals surface area contributed by atoms with Crippen molar-refractivity contribution in [3.05, 3.63) is 11.6 Å². The van der Waals surface area contributed by atoms with Gasteiger partial charge in [-0.25, -0.2) is 0 Å². The van der Waals surface area contributed by atoms with E-state index in [0.717, 1.165) is 49.4 Å². The number of carbonyl (C=O) groups excluding carboxylic acids is 1. The van der Waals surface area contributed by atoms with Crippen LogP contribution < -0.4 is 0 Å². The third-order valence-corrected chi connectivity index (χ3v) is 13.4. The Hall–Kier alpha value is -0.830. The molecule has 4 aliphatic rings. The van der Waals surface area contributed by atoms with Gasteiger partial charge in [0.1, 0.15) is 6.10 Å². The predicted molar refractivity (Wildman–Crippen MR) is 181 cm³/mol.